The Morgan fingerprint density at radius 2 is 1.86 bits per heavy atom. The third-order valence-electron chi connectivity index (χ3n) is 4.50. The molecule has 7 nitrogen and oxygen atoms in total. The zero-order valence-electron chi connectivity index (χ0n) is 16.6. The van der Waals surface area contributed by atoms with Crippen LogP contribution in [0.3, 0.4) is 0 Å². The molecular formula is C22H24N4O3. The summed E-state index contributed by atoms with van der Waals surface area (Å²) >= 11 is 0. The number of rotatable bonds is 6. The lowest BCUT2D eigenvalue weighted by molar-refractivity contribution is -0.118. The van der Waals surface area contributed by atoms with Crippen molar-refractivity contribution in [3.63, 3.8) is 0 Å². The van der Waals surface area contributed by atoms with Crippen molar-refractivity contribution in [2.24, 2.45) is 5.10 Å². The van der Waals surface area contributed by atoms with Crippen molar-refractivity contribution in [2.75, 3.05) is 16.9 Å². The molecule has 3 rings (SSSR count). The Kier molecular flexibility index (Phi) is 6.39. The fourth-order valence-electron chi connectivity index (χ4n) is 3.00. The fraction of sp³-hybridized carbons (Fsp3) is 0.273. The monoisotopic (exact) mass is 392 g/mol. The lowest BCUT2D eigenvalue weighted by Crippen LogP contribution is -2.36. The van der Waals surface area contributed by atoms with Gasteiger partial charge in [0, 0.05) is 19.4 Å². The first-order valence-corrected chi connectivity index (χ1v) is 9.65. The summed E-state index contributed by atoms with van der Waals surface area (Å²) in [4.78, 5) is 37.5. The molecule has 0 bridgehead atoms. The third kappa shape index (κ3) is 4.87. The first-order valence-electron chi connectivity index (χ1n) is 9.65. The molecule has 1 aliphatic heterocycles. The number of hydrogen-bond donors (Lipinski definition) is 2. The van der Waals surface area contributed by atoms with Crippen LogP contribution in [0.25, 0.3) is 0 Å². The minimum atomic E-state index is -0.425. The quantitative estimate of drug-likeness (QED) is 0.791. The van der Waals surface area contributed by atoms with Crippen LogP contribution in [0, 0.1) is 6.92 Å². The summed E-state index contributed by atoms with van der Waals surface area (Å²) in [6.07, 6.45) is 1.26. The molecule has 1 aliphatic rings. The number of nitrogens with one attached hydrogen (secondary N) is 2. The van der Waals surface area contributed by atoms with Crippen LogP contribution >= 0.6 is 0 Å². The van der Waals surface area contributed by atoms with E-state index in [0.29, 0.717) is 23.5 Å². The predicted octanol–water partition coefficient (Wildman–Crippen LogP) is 3.26. The highest BCUT2D eigenvalue weighted by Gasteiger charge is 2.26. The van der Waals surface area contributed by atoms with E-state index in [1.807, 2.05) is 32.0 Å². The fourth-order valence-corrected chi connectivity index (χ4v) is 3.00. The van der Waals surface area contributed by atoms with Crippen LogP contribution in [0.2, 0.25) is 0 Å². The molecule has 150 valence electrons. The molecule has 2 aromatic carbocycles. The van der Waals surface area contributed by atoms with Crippen molar-refractivity contribution >= 4 is 34.8 Å². The van der Waals surface area contributed by atoms with Gasteiger partial charge in [0.15, 0.2) is 0 Å². The molecule has 0 saturated carbocycles. The molecule has 2 aromatic rings. The van der Waals surface area contributed by atoms with Crippen molar-refractivity contribution in [1.82, 2.24) is 5.32 Å². The Morgan fingerprint density at radius 3 is 2.62 bits per heavy atom. The van der Waals surface area contributed by atoms with Crippen molar-refractivity contribution < 1.29 is 14.4 Å². The molecule has 0 atom stereocenters. The average molecular weight is 392 g/mol. The van der Waals surface area contributed by atoms with Gasteiger partial charge >= 0.3 is 0 Å². The molecule has 1 heterocycles. The molecule has 29 heavy (non-hydrogen) atoms. The van der Waals surface area contributed by atoms with E-state index in [1.165, 1.54) is 5.01 Å². The SMILES string of the molecule is CCCNC(=O)c1ccccc1NC(=O)C1=NN(c2cccc(C)c2)C(=O)CC1. The Labute approximate surface area is 169 Å². The van der Waals surface area contributed by atoms with Gasteiger partial charge < -0.3 is 10.6 Å². The molecule has 0 unspecified atom stereocenters. The van der Waals surface area contributed by atoms with Crippen molar-refractivity contribution in [3.05, 3.63) is 59.7 Å². The van der Waals surface area contributed by atoms with Crippen LogP contribution in [-0.2, 0) is 9.59 Å². The van der Waals surface area contributed by atoms with Gasteiger partial charge in [0.05, 0.1) is 16.9 Å². The summed E-state index contributed by atoms with van der Waals surface area (Å²) < 4.78 is 0. The van der Waals surface area contributed by atoms with Crippen LogP contribution in [0.15, 0.2) is 53.6 Å². The average Bonchev–Trinajstić information content (AvgIpc) is 2.72. The Balaban J connectivity index is 1.81. The number of hydrazone groups is 1. The number of para-hydroxylation sites is 1. The summed E-state index contributed by atoms with van der Waals surface area (Å²) in [7, 11) is 0. The van der Waals surface area contributed by atoms with Crippen molar-refractivity contribution in [1.29, 1.82) is 0 Å². The topological polar surface area (TPSA) is 90.9 Å². The number of anilines is 2. The molecular weight excluding hydrogens is 368 g/mol. The van der Waals surface area contributed by atoms with Gasteiger partial charge in [-0.25, -0.2) is 5.01 Å². The molecule has 7 heteroatoms. The summed E-state index contributed by atoms with van der Waals surface area (Å²) in [5.41, 5.74) is 2.66. The molecule has 3 amide bonds. The second-order valence-corrected chi connectivity index (χ2v) is 6.85. The summed E-state index contributed by atoms with van der Waals surface area (Å²) in [6.45, 7) is 4.45. The largest absolute Gasteiger partial charge is 0.352 e. The third-order valence-corrected chi connectivity index (χ3v) is 4.50. The highest BCUT2D eigenvalue weighted by molar-refractivity contribution is 6.44. The number of carbonyl (C=O) groups is 3. The standard InChI is InChI=1S/C22H24N4O3/c1-3-13-23-21(28)17-9-4-5-10-18(17)24-22(29)19-11-12-20(27)26(25-19)16-8-6-7-15(2)14-16/h4-10,14H,3,11-13H2,1-2H3,(H,23,28)(H,24,29). The Hall–Kier alpha value is -3.48. The minimum Gasteiger partial charge on any atom is -0.352 e. The van der Waals surface area contributed by atoms with Crippen molar-refractivity contribution in [3.8, 4) is 0 Å². The van der Waals surface area contributed by atoms with E-state index in [0.717, 1.165) is 12.0 Å². The second-order valence-electron chi connectivity index (χ2n) is 6.85. The van der Waals surface area contributed by atoms with Gasteiger partial charge in [-0.05, 0) is 43.2 Å². The van der Waals surface area contributed by atoms with Gasteiger partial charge in [-0.3, -0.25) is 14.4 Å². The van der Waals surface area contributed by atoms with Crippen LogP contribution in [0.1, 0.15) is 42.1 Å². The molecule has 0 radical (unpaired) electrons. The maximum Gasteiger partial charge on any atom is 0.271 e. The zero-order chi connectivity index (χ0) is 20.8. The summed E-state index contributed by atoms with van der Waals surface area (Å²) in [5.74, 6) is -0.831. The smallest absolute Gasteiger partial charge is 0.271 e. The van der Waals surface area contributed by atoms with Crippen LogP contribution in [0.4, 0.5) is 11.4 Å². The number of carbonyl (C=O) groups excluding carboxylic acids is 3. The second kappa shape index (κ2) is 9.14. The molecule has 0 fully saturated rings. The van der Waals surface area contributed by atoms with E-state index in [-0.39, 0.29) is 30.4 Å². The highest BCUT2D eigenvalue weighted by atomic mass is 16.2. The van der Waals surface area contributed by atoms with E-state index >= 15 is 0 Å². The summed E-state index contributed by atoms with van der Waals surface area (Å²) in [5, 5.41) is 11.1. The van der Waals surface area contributed by atoms with E-state index in [2.05, 4.69) is 15.7 Å². The number of nitrogens with zero attached hydrogens (tertiary/aromatic N) is 2. The van der Waals surface area contributed by atoms with Gasteiger partial charge in [-0.15, -0.1) is 0 Å². The molecule has 2 N–H and O–H groups in total. The first-order chi connectivity index (χ1) is 14.0. The Bertz CT molecular complexity index is 968. The lowest BCUT2D eigenvalue weighted by atomic mass is 10.1. The predicted molar refractivity (Wildman–Crippen MR) is 113 cm³/mol. The Morgan fingerprint density at radius 1 is 1.07 bits per heavy atom. The summed E-state index contributed by atoms with van der Waals surface area (Å²) in [6, 6.07) is 14.2. The number of amides is 3. The molecule has 0 aromatic heterocycles. The highest BCUT2D eigenvalue weighted by Crippen LogP contribution is 2.22. The van der Waals surface area contributed by atoms with E-state index in [1.54, 1.807) is 30.3 Å². The van der Waals surface area contributed by atoms with Gasteiger partial charge in [-0.1, -0.05) is 31.2 Å². The minimum absolute atomic E-state index is 0.161. The lowest BCUT2D eigenvalue weighted by Gasteiger charge is -2.23. The van der Waals surface area contributed by atoms with Gasteiger partial charge in [-0.2, -0.15) is 5.10 Å². The van der Waals surface area contributed by atoms with Crippen LogP contribution < -0.4 is 15.6 Å². The first kappa shape index (κ1) is 20.3. The normalized spacial score (nSPS) is 13.7. The van der Waals surface area contributed by atoms with Crippen LogP contribution in [0.5, 0.6) is 0 Å². The van der Waals surface area contributed by atoms with Gasteiger partial charge in [0.2, 0.25) is 5.91 Å². The van der Waals surface area contributed by atoms with Gasteiger partial charge in [0.1, 0.15) is 5.71 Å². The maximum atomic E-state index is 12.8. The zero-order valence-corrected chi connectivity index (χ0v) is 16.6. The molecule has 0 aliphatic carbocycles. The number of benzene rings is 2. The van der Waals surface area contributed by atoms with Crippen molar-refractivity contribution in [2.45, 2.75) is 33.1 Å². The van der Waals surface area contributed by atoms with E-state index in [9.17, 15) is 14.4 Å². The molecule has 0 saturated heterocycles. The van der Waals surface area contributed by atoms with Gasteiger partial charge in [0.25, 0.3) is 11.8 Å². The number of hydrogen-bond acceptors (Lipinski definition) is 4. The van der Waals surface area contributed by atoms with E-state index in [4.69, 9.17) is 0 Å². The van der Waals surface area contributed by atoms with Crippen LogP contribution in [-0.4, -0.2) is 30.0 Å². The number of aryl methyl sites for hydroxylation is 1. The van der Waals surface area contributed by atoms with E-state index < -0.39 is 5.91 Å². The maximum absolute atomic E-state index is 12.8. The molecule has 0 spiro atoms.